The van der Waals surface area contributed by atoms with E-state index in [9.17, 15) is 9.59 Å². The molecule has 2 amide bonds. The second-order valence-electron chi connectivity index (χ2n) is 4.74. The average Bonchev–Trinajstić information content (AvgIpc) is 2.30. The van der Waals surface area contributed by atoms with Crippen molar-refractivity contribution >= 4 is 12.0 Å². The fourth-order valence-corrected chi connectivity index (χ4v) is 1.34. The summed E-state index contributed by atoms with van der Waals surface area (Å²) in [6, 6.07) is 0. The van der Waals surface area contributed by atoms with E-state index in [-0.39, 0.29) is 18.6 Å². The van der Waals surface area contributed by atoms with Crippen molar-refractivity contribution < 1.29 is 14.3 Å². The van der Waals surface area contributed by atoms with E-state index < -0.39 is 11.7 Å². The fraction of sp³-hybridized carbons (Fsp3) is 0.800. The Hall–Kier alpha value is -1.26. The molecule has 1 atom stereocenters. The van der Waals surface area contributed by atoms with Crippen molar-refractivity contribution in [2.75, 3.05) is 13.6 Å². The molecule has 0 unspecified atom stereocenters. The van der Waals surface area contributed by atoms with Gasteiger partial charge in [0.1, 0.15) is 18.3 Å². The van der Waals surface area contributed by atoms with E-state index in [1.807, 2.05) is 0 Å². The molecule has 0 N–H and O–H groups in total. The molecule has 0 aromatic heterocycles. The molecule has 1 aliphatic rings. The Morgan fingerprint density at radius 2 is 2.00 bits per heavy atom. The molecular weight excluding hydrogens is 196 g/mol. The molecule has 1 saturated heterocycles. The molecule has 5 nitrogen and oxygen atoms in total. The van der Waals surface area contributed by atoms with Gasteiger partial charge in [0.15, 0.2) is 0 Å². The number of carbonyl (C=O) groups is 2. The number of nitrogens with zero attached hydrogens (tertiary/aromatic N) is 2. The van der Waals surface area contributed by atoms with Crippen LogP contribution in [0.5, 0.6) is 0 Å². The first-order chi connectivity index (χ1) is 6.72. The highest BCUT2D eigenvalue weighted by atomic mass is 16.6. The standard InChI is InChI=1S/C10H18N2O3/c1-7-11(5)8(13)6-12(7)9(14)15-10(2,3)4/h7H,6H2,1-5H3/t7-/m0/s1. The van der Waals surface area contributed by atoms with Crippen LogP contribution in [0.1, 0.15) is 27.7 Å². The van der Waals surface area contributed by atoms with Gasteiger partial charge in [-0.2, -0.15) is 0 Å². The number of rotatable bonds is 0. The first kappa shape index (κ1) is 11.8. The van der Waals surface area contributed by atoms with E-state index in [1.54, 1.807) is 34.7 Å². The van der Waals surface area contributed by atoms with Crippen molar-refractivity contribution in [1.29, 1.82) is 0 Å². The minimum atomic E-state index is -0.527. The lowest BCUT2D eigenvalue weighted by atomic mass is 10.2. The van der Waals surface area contributed by atoms with Gasteiger partial charge in [0, 0.05) is 7.05 Å². The molecule has 0 aromatic carbocycles. The van der Waals surface area contributed by atoms with Crippen molar-refractivity contribution in [3.63, 3.8) is 0 Å². The highest BCUT2D eigenvalue weighted by Gasteiger charge is 2.37. The first-order valence-electron chi connectivity index (χ1n) is 4.97. The zero-order valence-corrected chi connectivity index (χ0v) is 9.90. The van der Waals surface area contributed by atoms with Gasteiger partial charge in [-0.15, -0.1) is 0 Å². The fourth-order valence-electron chi connectivity index (χ4n) is 1.34. The Bertz CT molecular complexity index is 283. The lowest BCUT2D eigenvalue weighted by molar-refractivity contribution is -0.126. The summed E-state index contributed by atoms with van der Waals surface area (Å²) >= 11 is 0. The first-order valence-corrected chi connectivity index (χ1v) is 4.97. The highest BCUT2D eigenvalue weighted by Crippen LogP contribution is 2.17. The normalized spacial score (nSPS) is 22.2. The van der Waals surface area contributed by atoms with Gasteiger partial charge in [-0.3, -0.25) is 9.69 Å². The second-order valence-corrected chi connectivity index (χ2v) is 4.74. The van der Waals surface area contributed by atoms with Crippen LogP contribution in [0.4, 0.5) is 4.79 Å². The zero-order chi connectivity index (χ0) is 11.8. The Kier molecular flexibility index (Phi) is 2.93. The van der Waals surface area contributed by atoms with Gasteiger partial charge in [0.2, 0.25) is 5.91 Å². The molecule has 86 valence electrons. The third-order valence-electron chi connectivity index (χ3n) is 2.34. The van der Waals surface area contributed by atoms with E-state index >= 15 is 0 Å². The van der Waals surface area contributed by atoms with Crippen LogP contribution in [0, 0.1) is 0 Å². The minimum absolute atomic E-state index is 0.0617. The van der Waals surface area contributed by atoms with Crippen LogP contribution < -0.4 is 0 Å². The van der Waals surface area contributed by atoms with Crippen LogP contribution in [0.2, 0.25) is 0 Å². The summed E-state index contributed by atoms with van der Waals surface area (Å²) < 4.78 is 5.20. The minimum Gasteiger partial charge on any atom is -0.444 e. The molecule has 15 heavy (non-hydrogen) atoms. The highest BCUT2D eigenvalue weighted by molar-refractivity contribution is 5.85. The van der Waals surface area contributed by atoms with E-state index in [0.29, 0.717) is 0 Å². The molecule has 1 aliphatic heterocycles. The number of likely N-dealkylation sites (N-methyl/N-ethyl adjacent to an activating group) is 1. The van der Waals surface area contributed by atoms with E-state index in [0.717, 1.165) is 0 Å². The quantitative estimate of drug-likeness (QED) is 0.605. The Morgan fingerprint density at radius 3 is 2.33 bits per heavy atom. The van der Waals surface area contributed by atoms with Crippen molar-refractivity contribution in [1.82, 2.24) is 9.80 Å². The monoisotopic (exact) mass is 214 g/mol. The molecule has 0 spiro atoms. The summed E-state index contributed by atoms with van der Waals surface area (Å²) in [5.41, 5.74) is -0.527. The van der Waals surface area contributed by atoms with Gasteiger partial charge in [0.25, 0.3) is 0 Å². The SMILES string of the molecule is C[C@H]1N(C)C(=O)CN1C(=O)OC(C)(C)C. The molecule has 0 saturated carbocycles. The molecule has 1 rings (SSSR count). The lowest BCUT2D eigenvalue weighted by Crippen LogP contribution is -2.41. The van der Waals surface area contributed by atoms with Crippen LogP contribution in [0.25, 0.3) is 0 Å². The van der Waals surface area contributed by atoms with E-state index in [4.69, 9.17) is 4.74 Å². The van der Waals surface area contributed by atoms with Crippen LogP contribution in [0.15, 0.2) is 0 Å². The average molecular weight is 214 g/mol. The van der Waals surface area contributed by atoms with Gasteiger partial charge in [-0.25, -0.2) is 4.79 Å². The number of carbonyl (C=O) groups excluding carboxylic acids is 2. The van der Waals surface area contributed by atoms with Crippen LogP contribution >= 0.6 is 0 Å². The van der Waals surface area contributed by atoms with Gasteiger partial charge >= 0.3 is 6.09 Å². The molecule has 5 heteroatoms. The summed E-state index contributed by atoms with van der Waals surface area (Å²) in [5, 5.41) is 0. The summed E-state index contributed by atoms with van der Waals surface area (Å²) in [6.45, 7) is 7.31. The number of ether oxygens (including phenoxy) is 1. The Labute approximate surface area is 90.0 Å². The number of hydrogen-bond donors (Lipinski definition) is 0. The predicted molar refractivity (Wildman–Crippen MR) is 55.2 cm³/mol. The number of amides is 2. The van der Waals surface area contributed by atoms with Crippen LogP contribution in [-0.4, -0.2) is 47.2 Å². The van der Waals surface area contributed by atoms with Gasteiger partial charge in [0.05, 0.1) is 0 Å². The van der Waals surface area contributed by atoms with Gasteiger partial charge in [-0.05, 0) is 27.7 Å². The molecule has 0 radical (unpaired) electrons. The maximum Gasteiger partial charge on any atom is 0.412 e. The van der Waals surface area contributed by atoms with Gasteiger partial charge in [-0.1, -0.05) is 0 Å². The van der Waals surface area contributed by atoms with E-state index in [1.165, 1.54) is 9.80 Å². The van der Waals surface area contributed by atoms with Crippen molar-refractivity contribution in [2.45, 2.75) is 39.5 Å². The third kappa shape index (κ3) is 2.61. The van der Waals surface area contributed by atoms with Gasteiger partial charge < -0.3 is 9.64 Å². The Morgan fingerprint density at radius 1 is 1.47 bits per heavy atom. The predicted octanol–water partition coefficient (Wildman–Crippen LogP) is 1.04. The number of hydrogen-bond acceptors (Lipinski definition) is 3. The van der Waals surface area contributed by atoms with Crippen molar-refractivity contribution in [3.05, 3.63) is 0 Å². The maximum absolute atomic E-state index is 11.7. The summed E-state index contributed by atoms with van der Waals surface area (Å²) in [4.78, 5) is 26.0. The molecule has 0 aromatic rings. The molecular formula is C10H18N2O3. The van der Waals surface area contributed by atoms with Crippen LogP contribution in [-0.2, 0) is 9.53 Å². The third-order valence-corrected chi connectivity index (χ3v) is 2.34. The topological polar surface area (TPSA) is 49.9 Å². The Balaban J connectivity index is 2.66. The summed E-state index contributed by atoms with van der Waals surface area (Å²) in [6.07, 6.45) is -0.667. The van der Waals surface area contributed by atoms with Crippen LogP contribution in [0.3, 0.4) is 0 Å². The lowest BCUT2D eigenvalue weighted by Gasteiger charge is -2.27. The summed E-state index contributed by atoms with van der Waals surface area (Å²) in [5.74, 6) is -0.0617. The second kappa shape index (κ2) is 3.72. The molecule has 0 bridgehead atoms. The zero-order valence-electron chi connectivity index (χ0n) is 9.90. The summed E-state index contributed by atoms with van der Waals surface area (Å²) in [7, 11) is 1.68. The largest absolute Gasteiger partial charge is 0.444 e. The maximum atomic E-state index is 11.7. The molecule has 1 heterocycles. The van der Waals surface area contributed by atoms with Crippen molar-refractivity contribution in [3.8, 4) is 0 Å². The molecule has 1 fully saturated rings. The smallest absolute Gasteiger partial charge is 0.412 e. The van der Waals surface area contributed by atoms with E-state index in [2.05, 4.69) is 0 Å². The molecule has 0 aliphatic carbocycles. The van der Waals surface area contributed by atoms with Crippen molar-refractivity contribution in [2.24, 2.45) is 0 Å².